The Labute approximate surface area is 361 Å². The van der Waals surface area contributed by atoms with Gasteiger partial charge in [-0.25, -0.2) is 18.2 Å². The van der Waals surface area contributed by atoms with Crippen LogP contribution in [0.4, 0.5) is 24.5 Å². The summed E-state index contributed by atoms with van der Waals surface area (Å²) < 4.78 is 87.2. The normalized spacial score (nSPS) is 25.5. The van der Waals surface area contributed by atoms with Gasteiger partial charge in [-0.1, -0.05) is 6.07 Å². The number of nitrogens with zero attached hydrogens (tertiary/aromatic N) is 5. The fourth-order valence-corrected chi connectivity index (χ4v) is 11.2. The van der Waals surface area contributed by atoms with Crippen molar-refractivity contribution in [1.29, 1.82) is 5.26 Å². The number of rotatable bonds is 10. The van der Waals surface area contributed by atoms with Gasteiger partial charge < -0.3 is 19.7 Å². The van der Waals surface area contributed by atoms with Gasteiger partial charge in [-0.05, 0) is 112 Å². The smallest absolute Gasteiger partial charge is 0.301 e. The van der Waals surface area contributed by atoms with Gasteiger partial charge in [0.1, 0.15) is 35.4 Å². The summed E-state index contributed by atoms with van der Waals surface area (Å²) in [5.74, 6) is -2.35. The number of alkyl halides is 1. The molecular weight excluding hydrogens is 842 g/mol. The highest BCUT2D eigenvalue weighted by molar-refractivity contribution is 7.90. The first-order chi connectivity index (χ1) is 30.3. The summed E-state index contributed by atoms with van der Waals surface area (Å²) in [5, 5.41) is 15.5. The number of anilines is 2. The molecule has 1 spiro atoms. The Morgan fingerprint density at radius 1 is 0.937 bits per heavy atom. The number of halogens is 3. The molecule has 0 bridgehead atoms. The molecule has 63 heavy (non-hydrogen) atoms. The zero-order valence-corrected chi connectivity index (χ0v) is 35.1. The molecule has 5 heterocycles. The van der Waals surface area contributed by atoms with Crippen molar-refractivity contribution < 1.29 is 40.7 Å². The van der Waals surface area contributed by atoms with E-state index in [4.69, 9.17) is 9.47 Å². The third-order valence-corrected chi connectivity index (χ3v) is 14.9. The third kappa shape index (κ3) is 8.73. The van der Waals surface area contributed by atoms with Gasteiger partial charge >= 0.3 is 10.2 Å². The number of hydrogen-bond donors (Lipinski definition) is 3. The number of fused-ring (bicyclic) bond motifs is 1. The number of ether oxygens (including phenoxy) is 2. The lowest BCUT2D eigenvalue weighted by atomic mass is 9.79. The summed E-state index contributed by atoms with van der Waals surface area (Å²) in [4.78, 5) is 44.6. The van der Waals surface area contributed by atoms with Crippen LogP contribution in [-0.4, -0.2) is 95.6 Å². The van der Waals surface area contributed by atoms with Gasteiger partial charge in [0.05, 0.1) is 41.2 Å². The van der Waals surface area contributed by atoms with E-state index in [2.05, 4.69) is 25.2 Å². The van der Waals surface area contributed by atoms with E-state index < -0.39 is 51.1 Å². The maximum absolute atomic E-state index is 15.4. The molecule has 19 heteroatoms. The second kappa shape index (κ2) is 17.2. The molecule has 1 aliphatic carbocycles. The molecule has 15 nitrogen and oxygen atoms in total. The quantitative estimate of drug-likeness (QED) is 0.164. The fourth-order valence-electron chi connectivity index (χ4n) is 9.90. The van der Waals surface area contributed by atoms with E-state index >= 15 is 8.78 Å². The molecule has 1 unspecified atom stereocenters. The minimum absolute atomic E-state index is 0.0253. The van der Waals surface area contributed by atoms with Gasteiger partial charge in [0.15, 0.2) is 11.6 Å². The average molecular weight is 889 g/mol. The van der Waals surface area contributed by atoms with Crippen LogP contribution in [0.5, 0.6) is 11.5 Å². The van der Waals surface area contributed by atoms with Gasteiger partial charge in [-0.15, -0.1) is 0 Å². The van der Waals surface area contributed by atoms with Gasteiger partial charge in [0.2, 0.25) is 11.8 Å². The van der Waals surface area contributed by atoms with Gasteiger partial charge in [-0.2, -0.15) is 18.0 Å². The summed E-state index contributed by atoms with van der Waals surface area (Å²) in [6, 6.07) is 12.8. The van der Waals surface area contributed by atoms with Crippen LogP contribution in [0, 0.1) is 23.0 Å². The van der Waals surface area contributed by atoms with Crippen LogP contribution in [0.1, 0.15) is 87.3 Å². The fraction of sp³-hybridized carbons (Fsp3) is 0.477. The maximum atomic E-state index is 15.4. The SMILES string of the molecule is N#Cc1c(NS(=O)(=O)N2CC[C@@H](F)C2)ccc(F)c1Oc1ccc2ncn([C@H]3COC4(CCN(C5CCC(c6ccc(NC7CCC(=O)NC7=O)cc6F)CC5)CC4)C3)c(=O)c2c1. The standard InChI is InChI=1S/C44H47F3N8O7S/c45-27-13-16-54(23-27)63(59,60)52-38-10-8-35(46)41(34(38)22-48)62-31-6-9-37-33(20-31)43(58)55(25-49-37)30-21-44(61-24-30)14-17-53(18-15-44)29-4-1-26(2-5-29)32-7-3-28(19-36(32)47)50-39-11-12-40(56)51-42(39)57/h3,6-10,19-20,25-27,29-30,39,50,52H,1-2,4-5,11-18,21,23-24H2,(H,51,56,57)/t26?,27-,29?,30-,39?/m1/s1. The number of carbonyl (C=O) groups is 2. The Morgan fingerprint density at radius 2 is 1.73 bits per heavy atom. The molecule has 0 radical (unpaired) electrons. The highest BCUT2D eigenvalue weighted by Crippen LogP contribution is 2.43. The average Bonchev–Trinajstić information content (AvgIpc) is 3.90. The molecule has 9 rings (SSSR count). The number of nitriles is 1. The summed E-state index contributed by atoms with van der Waals surface area (Å²) in [5.41, 5.74) is 0.156. The summed E-state index contributed by atoms with van der Waals surface area (Å²) in [6.45, 7) is 1.62. The number of aromatic nitrogens is 2. The number of benzene rings is 3. The summed E-state index contributed by atoms with van der Waals surface area (Å²) in [6.07, 6.45) is 6.65. The summed E-state index contributed by atoms with van der Waals surface area (Å²) >= 11 is 0. The number of nitrogens with one attached hydrogen (secondary N) is 3. The van der Waals surface area contributed by atoms with Crippen LogP contribution in [0.2, 0.25) is 0 Å². The van der Waals surface area contributed by atoms with Crippen LogP contribution in [-0.2, 0) is 24.5 Å². The third-order valence-electron chi connectivity index (χ3n) is 13.4. The Hall–Kier alpha value is -5.55. The highest BCUT2D eigenvalue weighted by Gasteiger charge is 2.45. The molecule has 3 atom stereocenters. The van der Waals surface area contributed by atoms with Crippen LogP contribution in [0.15, 0.2) is 59.7 Å². The topological polar surface area (TPSA) is 188 Å². The first kappa shape index (κ1) is 42.7. The van der Waals surface area contributed by atoms with Crippen molar-refractivity contribution in [2.45, 2.75) is 100 Å². The molecule has 5 aliphatic rings. The molecule has 1 saturated carbocycles. The first-order valence-electron chi connectivity index (χ1n) is 21.4. The second-order valence-electron chi connectivity index (χ2n) is 17.3. The molecule has 332 valence electrons. The van der Waals surface area contributed by atoms with Crippen molar-refractivity contribution in [3.63, 3.8) is 0 Å². The molecule has 3 aromatic carbocycles. The Kier molecular flexibility index (Phi) is 11.7. The van der Waals surface area contributed by atoms with Gasteiger partial charge in [0, 0.05) is 44.3 Å². The van der Waals surface area contributed by atoms with E-state index in [1.807, 2.05) is 0 Å². The molecule has 4 aromatic rings. The minimum atomic E-state index is -4.24. The number of hydrogen-bond acceptors (Lipinski definition) is 11. The molecule has 5 fully saturated rings. The van der Waals surface area contributed by atoms with E-state index in [0.29, 0.717) is 42.3 Å². The van der Waals surface area contributed by atoms with E-state index in [1.54, 1.807) is 28.8 Å². The van der Waals surface area contributed by atoms with Crippen molar-refractivity contribution in [3.05, 3.63) is 88.0 Å². The van der Waals surface area contributed by atoms with Crippen molar-refractivity contribution in [1.82, 2.24) is 24.1 Å². The van der Waals surface area contributed by atoms with Crippen molar-refractivity contribution in [2.24, 2.45) is 0 Å². The van der Waals surface area contributed by atoms with Crippen LogP contribution < -0.4 is 25.7 Å². The summed E-state index contributed by atoms with van der Waals surface area (Å²) in [7, 11) is -4.24. The van der Waals surface area contributed by atoms with E-state index in [0.717, 1.165) is 68.1 Å². The minimum Gasteiger partial charge on any atom is -0.453 e. The van der Waals surface area contributed by atoms with Crippen LogP contribution >= 0.6 is 0 Å². The first-order valence-corrected chi connectivity index (χ1v) is 22.8. The molecule has 4 saturated heterocycles. The number of imide groups is 1. The number of carbonyl (C=O) groups excluding carboxylic acids is 2. The van der Waals surface area contributed by atoms with Crippen LogP contribution in [0.25, 0.3) is 10.9 Å². The Bertz CT molecular complexity index is 2660. The number of likely N-dealkylation sites (tertiary alicyclic amines) is 1. The molecule has 4 aliphatic heterocycles. The monoisotopic (exact) mass is 888 g/mol. The number of amides is 2. The van der Waals surface area contributed by atoms with E-state index in [1.165, 1.54) is 24.5 Å². The lowest BCUT2D eigenvalue weighted by molar-refractivity contribution is -0.133. The van der Waals surface area contributed by atoms with E-state index in [9.17, 15) is 32.5 Å². The number of piperidine rings is 2. The lowest BCUT2D eigenvalue weighted by Gasteiger charge is -2.44. The predicted octanol–water partition coefficient (Wildman–Crippen LogP) is 5.78. The Balaban J connectivity index is 0.811. The molecule has 3 N–H and O–H groups in total. The van der Waals surface area contributed by atoms with Crippen LogP contribution in [0.3, 0.4) is 0 Å². The molecular formula is C44H47F3N8O7S. The van der Waals surface area contributed by atoms with Crippen molar-refractivity contribution in [3.8, 4) is 17.6 Å². The lowest BCUT2D eigenvalue weighted by Crippen LogP contribution is -2.49. The van der Waals surface area contributed by atoms with Gasteiger partial charge in [0.25, 0.3) is 5.56 Å². The zero-order valence-electron chi connectivity index (χ0n) is 34.3. The largest absolute Gasteiger partial charge is 0.453 e. The van der Waals surface area contributed by atoms with Crippen molar-refractivity contribution >= 4 is 44.3 Å². The maximum Gasteiger partial charge on any atom is 0.301 e. The van der Waals surface area contributed by atoms with Crippen molar-refractivity contribution in [2.75, 3.05) is 42.8 Å². The van der Waals surface area contributed by atoms with E-state index in [-0.39, 0.29) is 72.0 Å². The molecule has 1 aromatic heterocycles. The predicted molar refractivity (Wildman–Crippen MR) is 225 cm³/mol. The zero-order chi connectivity index (χ0) is 44.0. The molecule has 2 amide bonds. The second-order valence-corrected chi connectivity index (χ2v) is 18.9. The Morgan fingerprint density at radius 3 is 2.44 bits per heavy atom. The highest BCUT2D eigenvalue weighted by atomic mass is 32.2. The van der Waals surface area contributed by atoms with Gasteiger partial charge in [-0.3, -0.25) is 29.0 Å².